The fraction of sp³-hybridized carbons (Fsp3) is 0.553. The maximum absolute atomic E-state index is 15.0. The Bertz CT molecular complexity index is 1920. The van der Waals surface area contributed by atoms with Gasteiger partial charge in [0.05, 0.1) is 18.2 Å². The molecule has 344 valence electrons. The lowest BCUT2D eigenvalue weighted by atomic mass is 9.77. The number of hydrogen-bond donors (Lipinski definition) is 7. The summed E-state index contributed by atoms with van der Waals surface area (Å²) in [6.45, 7) is 9.79. The van der Waals surface area contributed by atoms with Crippen molar-refractivity contribution in [1.29, 1.82) is 0 Å². The van der Waals surface area contributed by atoms with Gasteiger partial charge in [0.15, 0.2) is 12.4 Å². The van der Waals surface area contributed by atoms with Crippen LogP contribution in [-0.2, 0) is 28.5 Å². The standard InChI is InChI=1S/C47H67N7O9/c1-6-35-37(30-16-10-7-11-17-30)38(51)28(4)45(60-35)61-41-34(53-43(56)26(2)22-23-48)24-33(50)39(55)42(41)63-47(58)54(32-20-14-9-15-21-32)44-29(5)40(27(3)36(25-49)59-44)62-46(57)52-31-18-12-8-13-19-31/h7-21,26-29,33-42,44-45,55H,6,22-25,48-51H2,1-5H3,(H,52,57)(H,53,56)/t26-,27?,28?,29?,33+,34-,35?,36-,37-,38-,39?,40?,41?,42?,44-,45-/m1/s1. The van der Waals surface area contributed by atoms with Crippen LogP contribution in [0.4, 0.5) is 21.0 Å². The van der Waals surface area contributed by atoms with Crippen LogP contribution < -0.4 is 38.5 Å². The Labute approximate surface area is 370 Å². The summed E-state index contributed by atoms with van der Waals surface area (Å²) in [6.07, 6.45) is -8.16. The molecule has 3 fully saturated rings. The smallest absolute Gasteiger partial charge is 0.416 e. The van der Waals surface area contributed by atoms with Crippen molar-refractivity contribution >= 4 is 29.5 Å². The molecule has 0 aromatic heterocycles. The minimum atomic E-state index is -1.43. The summed E-state index contributed by atoms with van der Waals surface area (Å²) in [7, 11) is 0. The minimum Gasteiger partial charge on any atom is -0.445 e. The second-order valence-corrected chi connectivity index (χ2v) is 17.3. The van der Waals surface area contributed by atoms with Gasteiger partial charge in [-0.25, -0.2) is 9.59 Å². The average Bonchev–Trinajstić information content (AvgIpc) is 3.28. The van der Waals surface area contributed by atoms with Crippen LogP contribution >= 0.6 is 0 Å². The van der Waals surface area contributed by atoms with Gasteiger partial charge in [0.2, 0.25) is 5.91 Å². The quantitative estimate of drug-likeness (QED) is 0.119. The molecule has 0 radical (unpaired) electrons. The van der Waals surface area contributed by atoms with Crippen LogP contribution in [0.1, 0.15) is 65.4 Å². The van der Waals surface area contributed by atoms with E-state index in [4.69, 9.17) is 46.6 Å². The van der Waals surface area contributed by atoms with E-state index in [9.17, 15) is 14.7 Å². The molecular formula is C47H67N7O9. The van der Waals surface area contributed by atoms with Crippen molar-refractivity contribution in [3.8, 4) is 0 Å². The number of benzene rings is 3. The molecule has 3 aliphatic rings. The molecule has 3 aromatic rings. The van der Waals surface area contributed by atoms with Crippen molar-refractivity contribution in [3.63, 3.8) is 0 Å². The SMILES string of the molecule is CCC1O[C@H](OC2C(OC(=O)N(c3ccccc3)[C@@H]3O[C@H](CN)C(C)C(OC(=O)Nc4ccccc4)C3C)C(O)[C@@H](N)C[C@H]2NC(=O)[C@H](C)CCN)C(C)[C@@H](N)[C@@H]1c1ccccc1. The summed E-state index contributed by atoms with van der Waals surface area (Å²) in [4.78, 5) is 43.3. The fourth-order valence-corrected chi connectivity index (χ4v) is 9.27. The third-order valence-corrected chi connectivity index (χ3v) is 13.0. The summed E-state index contributed by atoms with van der Waals surface area (Å²) in [5, 5.41) is 17.8. The van der Waals surface area contributed by atoms with Crippen molar-refractivity contribution in [3.05, 3.63) is 96.6 Å². The number of nitrogens with zero attached hydrogens (tertiary/aromatic N) is 1. The number of carbonyl (C=O) groups is 3. The third kappa shape index (κ3) is 11.0. The van der Waals surface area contributed by atoms with E-state index in [1.165, 1.54) is 4.90 Å². The number of aliphatic hydroxyl groups is 1. The summed E-state index contributed by atoms with van der Waals surface area (Å²) < 4.78 is 32.7. The van der Waals surface area contributed by atoms with E-state index in [-0.39, 0.29) is 42.7 Å². The molecule has 16 heteroatoms. The lowest BCUT2D eigenvalue weighted by molar-refractivity contribution is -0.273. The fourth-order valence-electron chi connectivity index (χ4n) is 9.27. The Morgan fingerprint density at radius 1 is 0.825 bits per heavy atom. The van der Waals surface area contributed by atoms with E-state index < -0.39 is 85.2 Å². The average molecular weight is 874 g/mol. The molecule has 1 aliphatic carbocycles. The van der Waals surface area contributed by atoms with Gasteiger partial charge in [-0.05, 0) is 55.6 Å². The van der Waals surface area contributed by atoms with E-state index in [0.717, 1.165) is 5.56 Å². The van der Waals surface area contributed by atoms with Crippen LogP contribution in [0.5, 0.6) is 0 Å². The number of ether oxygens (including phenoxy) is 5. The number of amides is 3. The van der Waals surface area contributed by atoms with E-state index in [0.29, 0.717) is 30.8 Å². The molecule has 2 heterocycles. The van der Waals surface area contributed by atoms with Gasteiger partial charge >= 0.3 is 12.2 Å². The van der Waals surface area contributed by atoms with Crippen molar-refractivity contribution in [2.75, 3.05) is 23.3 Å². The Balaban J connectivity index is 1.33. The van der Waals surface area contributed by atoms with Gasteiger partial charge in [-0.2, -0.15) is 0 Å². The van der Waals surface area contributed by atoms with Crippen LogP contribution in [-0.4, -0.2) is 104 Å². The largest absolute Gasteiger partial charge is 0.445 e. The zero-order valence-electron chi connectivity index (χ0n) is 36.9. The zero-order chi connectivity index (χ0) is 45.4. The predicted octanol–water partition coefficient (Wildman–Crippen LogP) is 4.40. The first-order valence-corrected chi connectivity index (χ1v) is 22.3. The third-order valence-electron chi connectivity index (χ3n) is 13.0. The summed E-state index contributed by atoms with van der Waals surface area (Å²) >= 11 is 0. The van der Waals surface area contributed by atoms with Gasteiger partial charge in [-0.3, -0.25) is 15.0 Å². The molecule has 16 atom stereocenters. The number of nitrogens with one attached hydrogen (secondary N) is 2. The number of anilines is 2. The Morgan fingerprint density at radius 3 is 2.08 bits per heavy atom. The van der Waals surface area contributed by atoms with Crippen molar-refractivity contribution in [2.24, 2.45) is 46.6 Å². The molecule has 3 aromatic carbocycles. The Morgan fingerprint density at radius 2 is 1.46 bits per heavy atom. The predicted molar refractivity (Wildman–Crippen MR) is 239 cm³/mol. The molecule has 1 saturated carbocycles. The van der Waals surface area contributed by atoms with E-state index in [1.807, 2.05) is 64.1 Å². The van der Waals surface area contributed by atoms with Gasteiger partial charge in [-0.15, -0.1) is 0 Å². The molecule has 0 spiro atoms. The van der Waals surface area contributed by atoms with Gasteiger partial charge in [0, 0.05) is 59.6 Å². The Hall–Kier alpha value is -4.65. The second-order valence-electron chi connectivity index (χ2n) is 17.3. The minimum absolute atomic E-state index is 0.0594. The topological polar surface area (TPSA) is 249 Å². The highest BCUT2D eigenvalue weighted by Crippen LogP contribution is 2.41. The van der Waals surface area contributed by atoms with Crippen LogP contribution in [0.3, 0.4) is 0 Å². The Kier molecular flexibility index (Phi) is 16.6. The summed E-state index contributed by atoms with van der Waals surface area (Å²) in [5.74, 6) is -2.24. The lowest BCUT2D eigenvalue weighted by Crippen LogP contribution is -2.67. The molecule has 63 heavy (non-hydrogen) atoms. The molecule has 0 bridgehead atoms. The molecular weight excluding hydrogens is 807 g/mol. The molecule has 3 amide bonds. The zero-order valence-corrected chi connectivity index (χ0v) is 36.9. The number of nitrogens with two attached hydrogens (primary N) is 4. The molecule has 2 aliphatic heterocycles. The normalized spacial score (nSPS) is 33.7. The van der Waals surface area contributed by atoms with Crippen LogP contribution in [0.25, 0.3) is 0 Å². The monoisotopic (exact) mass is 874 g/mol. The molecule has 16 nitrogen and oxygen atoms in total. The molecule has 8 unspecified atom stereocenters. The van der Waals surface area contributed by atoms with E-state index in [1.54, 1.807) is 61.5 Å². The molecule has 2 saturated heterocycles. The summed E-state index contributed by atoms with van der Waals surface area (Å²) in [5.41, 5.74) is 27.7. The highest BCUT2D eigenvalue weighted by atomic mass is 16.7. The summed E-state index contributed by atoms with van der Waals surface area (Å²) in [6, 6.07) is 25.5. The maximum Gasteiger partial charge on any atom is 0.416 e. The van der Waals surface area contributed by atoms with Gasteiger partial charge < -0.3 is 57.0 Å². The highest BCUT2D eigenvalue weighted by molar-refractivity contribution is 5.88. The van der Waals surface area contributed by atoms with Crippen molar-refractivity contribution < 1.29 is 43.2 Å². The van der Waals surface area contributed by atoms with Crippen LogP contribution in [0, 0.1) is 23.7 Å². The lowest BCUT2D eigenvalue weighted by Gasteiger charge is -2.50. The first kappa shape index (κ1) is 47.8. The van der Waals surface area contributed by atoms with Gasteiger partial charge in [0.1, 0.15) is 24.5 Å². The van der Waals surface area contributed by atoms with Crippen molar-refractivity contribution in [1.82, 2.24) is 5.32 Å². The number of para-hydroxylation sites is 2. The van der Waals surface area contributed by atoms with Crippen LogP contribution in [0.15, 0.2) is 91.0 Å². The maximum atomic E-state index is 15.0. The number of carbonyl (C=O) groups excluding carboxylic acids is 3. The number of hydrogen-bond acceptors (Lipinski definition) is 13. The van der Waals surface area contributed by atoms with E-state index >= 15 is 4.79 Å². The van der Waals surface area contributed by atoms with Gasteiger partial charge in [0.25, 0.3) is 0 Å². The van der Waals surface area contributed by atoms with Crippen molar-refractivity contribution in [2.45, 2.75) is 127 Å². The second kappa shape index (κ2) is 21.8. The first-order valence-electron chi connectivity index (χ1n) is 22.3. The number of rotatable bonds is 14. The van der Waals surface area contributed by atoms with Gasteiger partial charge in [-0.1, -0.05) is 101 Å². The van der Waals surface area contributed by atoms with Crippen LogP contribution in [0.2, 0.25) is 0 Å². The van der Waals surface area contributed by atoms with E-state index in [2.05, 4.69) is 10.6 Å². The first-order chi connectivity index (χ1) is 30.3. The molecule has 6 rings (SSSR count). The molecule has 11 N–H and O–H groups in total. The highest BCUT2D eigenvalue weighted by Gasteiger charge is 2.53. The number of aliphatic hydroxyl groups excluding tert-OH is 1.